The molecule has 188 valence electrons. The SMILES string of the molecule is N=C(C[C@H]1CC[C@@H](C(=N)SC(N)=NC(=O)Cc2ccccc2)C1)SC(N)=NC(=O)Cc1ccccc1. The molecule has 6 N–H and O–H groups in total. The van der Waals surface area contributed by atoms with Crippen LogP contribution in [0.2, 0.25) is 0 Å². The molecule has 0 aromatic heterocycles. The van der Waals surface area contributed by atoms with Crippen molar-refractivity contribution < 1.29 is 9.59 Å². The molecule has 10 heteroatoms. The average molecular weight is 523 g/mol. The second-order valence-corrected chi connectivity index (χ2v) is 10.8. The summed E-state index contributed by atoms with van der Waals surface area (Å²) in [5.41, 5.74) is 13.5. The summed E-state index contributed by atoms with van der Waals surface area (Å²) in [6.45, 7) is 0. The van der Waals surface area contributed by atoms with Crippen molar-refractivity contribution >= 4 is 55.8 Å². The predicted octanol–water partition coefficient (Wildman–Crippen LogP) is 4.38. The molecule has 2 aromatic rings. The first-order chi connectivity index (χ1) is 17.3. The van der Waals surface area contributed by atoms with Crippen molar-refractivity contribution in [1.29, 1.82) is 10.8 Å². The van der Waals surface area contributed by atoms with Crippen LogP contribution in [0.4, 0.5) is 0 Å². The van der Waals surface area contributed by atoms with Crippen LogP contribution in [0.3, 0.4) is 0 Å². The fraction of sp³-hybridized carbons (Fsp3) is 0.308. The Hall–Kier alpha value is -3.24. The lowest BCUT2D eigenvalue weighted by Gasteiger charge is -2.12. The Morgan fingerprint density at radius 2 is 1.31 bits per heavy atom. The number of benzene rings is 2. The number of hydrogen-bond acceptors (Lipinski definition) is 6. The molecule has 2 atom stereocenters. The van der Waals surface area contributed by atoms with E-state index in [1.54, 1.807) is 0 Å². The first-order valence-electron chi connectivity index (χ1n) is 11.6. The third-order valence-electron chi connectivity index (χ3n) is 5.69. The molecule has 8 nitrogen and oxygen atoms in total. The number of amides is 2. The summed E-state index contributed by atoms with van der Waals surface area (Å²) in [7, 11) is 0. The van der Waals surface area contributed by atoms with Gasteiger partial charge in [0.15, 0.2) is 10.3 Å². The van der Waals surface area contributed by atoms with Crippen molar-refractivity contribution in [2.75, 3.05) is 0 Å². The third-order valence-corrected chi connectivity index (χ3v) is 7.26. The zero-order valence-corrected chi connectivity index (χ0v) is 21.5. The number of nitrogens with one attached hydrogen (secondary N) is 2. The molecule has 1 aliphatic rings. The molecule has 1 saturated carbocycles. The molecule has 0 heterocycles. The monoisotopic (exact) mass is 522 g/mol. The number of thioether (sulfide) groups is 2. The molecule has 0 bridgehead atoms. The molecule has 0 saturated heterocycles. The Morgan fingerprint density at radius 1 is 0.806 bits per heavy atom. The Morgan fingerprint density at radius 3 is 1.83 bits per heavy atom. The molecule has 0 aliphatic heterocycles. The van der Waals surface area contributed by atoms with Crippen LogP contribution in [0.25, 0.3) is 0 Å². The lowest BCUT2D eigenvalue weighted by atomic mass is 10.0. The Balaban J connectivity index is 1.40. The minimum atomic E-state index is -0.341. The summed E-state index contributed by atoms with van der Waals surface area (Å²) in [4.78, 5) is 32.0. The third kappa shape index (κ3) is 9.43. The van der Waals surface area contributed by atoms with Gasteiger partial charge in [-0.15, -0.1) is 0 Å². The van der Waals surface area contributed by atoms with Crippen LogP contribution in [0.5, 0.6) is 0 Å². The van der Waals surface area contributed by atoms with Crippen LogP contribution in [0.15, 0.2) is 70.6 Å². The number of carbonyl (C=O) groups excluding carboxylic acids is 2. The van der Waals surface area contributed by atoms with E-state index in [2.05, 4.69) is 9.98 Å². The van der Waals surface area contributed by atoms with E-state index in [-0.39, 0.29) is 46.8 Å². The van der Waals surface area contributed by atoms with Crippen LogP contribution in [-0.2, 0) is 22.4 Å². The highest BCUT2D eigenvalue weighted by Crippen LogP contribution is 2.37. The first-order valence-corrected chi connectivity index (χ1v) is 13.2. The number of nitrogens with two attached hydrogens (primary N) is 2. The highest BCUT2D eigenvalue weighted by atomic mass is 32.2. The first kappa shape index (κ1) is 27.3. The number of hydrogen-bond donors (Lipinski definition) is 4. The van der Waals surface area contributed by atoms with Crippen LogP contribution < -0.4 is 11.5 Å². The number of carbonyl (C=O) groups is 2. The largest absolute Gasteiger partial charge is 0.378 e. The molecule has 3 rings (SSSR count). The summed E-state index contributed by atoms with van der Waals surface area (Å²) >= 11 is 2.04. The molecule has 0 radical (unpaired) electrons. The number of rotatable bonds is 7. The molecule has 0 unspecified atom stereocenters. The van der Waals surface area contributed by atoms with E-state index in [4.69, 9.17) is 22.3 Å². The van der Waals surface area contributed by atoms with Gasteiger partial charge in [-0.2, -0.15) is 9.98 Å². The Labute approximate surface area is 219 Å². The molecule has 1 aliphatic carbocycles. The van der Waals surface area contributed by atoms with E-state index < -0.39 is 0 Å². The molecule has 0 spiro atoms. The fourth-order valence-electron chi connectivity index (χ4n) is 4.04. The topological polar surface area (TPSA) is 159 Å². The summed E-state index contributed by atoms with van der Waals surface area (Å²) in [5, 5.41) is 17.5. The van der Waals surface area contributed by atoms with Gasteiger partial charge in [-0.1, -0.05) is 60.7 Å². The van der Waals surface area contributed by atoms with Gasteiger partial charge in [-0.05, 0) is 66.3 Å². The predicted molar refractivity (Wildman–Crippen MR) is 150 cm³/mol. The van der Waals surface area contributed by atoms with Gasteiger partial charge < -0.3 is 11.5 Å². The standard InChI is InChI=1S/C26H30N6O2S2/c27-21(35-25(29)31-22(33)15-17-7-3-1-4-8-17)14-19-11-12-20(13-19)24(28)36-26(30)32-23(34)16-18-9-5-2-6-10-18/h1-10,19-20,27-28H,11-16H2,(H2,29,31,33)(H2,30,32,34)/t19-,20+/m0/s1. The summed E-state index contributed by atoms with van der Waals surface area (Å²) in [6.07, 6.45) is 3.31. The van der Waals surface area contributed by atoms with Crippen molar-refractivity contribution in [3.8, 4) is 0 Å². The van der Waals surface area contributed by atoms with Gasteiger partial charge in [-0.25, -0.2) is 0 Å². The van der Waals surface area contributed by atoms with Gasteiger partial charge in [0.2, 0.25) is 0 Å². The highest BCUT2D eigenvalue weighted by molar-refractivity contribution is 8.26. The molecule has 1 fully saturated rings. The summed E-state index contributed by atoms with van der Waals surface area (Å²) in [6, 6.07) is 18.6. The summed E-state index contributed by atoms with van der Waals surface area (Å²) in [5.74, 6) is -0.418. The molecular weight excluding hydrogens is 492 g/mol. The number of aliphatic imine (C=N–C) groups is 2. The van der Waals surface area contributed by atoms with Gasteiger partial charge >= 0.3 is 0 Å². The second kappa shape index (κ2) is 13.7. The maximum Gasteiger partial charge on any atom is 0.252 e. The van der Waals surface area contributed by atoms with E-state index in [1.165, 1.54) is 0 Å². The van der Waals surface area contributed by atoms with Crippen LogP contribution in [-0.4, -0.2) is 32.2 Å². The second-order valence-electron chi connectivity index (χ2n) is 8.58. The lowest BCUT2D eigenvalue weighted by molar-refractivity contribution is -0.118. The molecule has 36 heavy (non-hydrogen) atoms. The van der Waals surface area contributed by atoms with E-state index in [1.807, 2.05) is 60.7 Å². The van der Waals surface area contributed by atoms with Crippen molar-refractivity contribution in [3.05, 3.63) is 71.8 Å². The van der Waals surface area contributed by atoms with Gasteiger partial charge in [0.1, 0.15) is 0 Å². The minimum Gasteiger partial charge on any atom is -0.378 e. The van der Waals surface area contributed by atoms with E-state index in [0.717, 1.165) is 53.9 Å². The molecule has 2 aromatic carbocycles. The fourth-order valence-corrected chi connectivity index (χ4v) is 5.51. The maximum atomic E-state index is 12.1. The average Bonchev–Trinajstić information content (AvgIpc) is 3.28. The van der Waals surface area contributed by atoms with Crippen molar-refractivity contribution in [2.45, 2.75) is 38.5 Å². The van der Waals surface area contributed by atoms with Crippen molar-refractivity contribution in [1.82, 2.24) is 0 Å². The summed E-state index contributed by atoms with van der Waals surface area (Å²) < 4.78 is 0. The Kier molecular flexibility index (Phi) is 10.4. The normalized spacial score (nSPS) is 18.1. The van der Waals surface area contributed by atoms with Crippen LogP contribution in [0.1, 0.15) is 36.8 Å². The molecular formula is C26H30N6O2S2. The zero-order chi connectivity index (χ0) is 25.9. The maximum absolute atomic E-state index is 12.1. The van der Waals surface area contributed by atoms with Gasteiger partial charge in [0, 0.05) is 5.92 Å². The Bertz CT molecular complexity index is 1150. The van der Waals surface area contributed by atoms with Gasteiger partial charge in [0.25, 0.3) is 11.8 Å². The number of nitrogens with zero attached hydrogens (tertiary/aromatic N) is 2. The van der Waals surface area contributed by atoms with E-state index in [9.17, 15) is 9.59 Å². The lowest BCUT2D eigenvalue weighted by Crippen LogP contribution is -2.17. The van der Waals surface area contributed by atoms with E-state index >= 15 is 0 Å². The number of amidine groups is 2. The van der Waals surface area contributed by atoms with Gasteiger partial charge in [-0.3, -0.25) is 20.4 Å². The molecule has 2 amide bonds. The van der Waals surface area contributed by atoms with Crippen molar-refractivity contribution in [3.63, 3.8) is 0 Å². The van der Waals surface area contributed by atoms with Crippen LogP contribution in [0, 0.1) is 22.7 Å². The van der Waals surface area contributed by atoms with Gasteiger partial charge in [0.05, 0.1) is 22.9 Å². The smallest absolute Gasteiger partial charge is 0.252 e. The van der Waals surface area contributed by atoms with E-state index in [0.29, 0.717) is 16.5 Å². The van der Waals surface area contributed by atoms with Crippen molar-refractivity contribution in [2.24, 2.45) is 33.3 Å². The highest BCUT2D eigenvalue weighted by Gasteiger charge is 2.29. The quantitative estimate of drug-likeness (QED) is 0.312. The van der Waals surface area contributed by atoms with Crippen LogP contribution >= 0.6 is 23.5 Å². The zero-order valence-electron chi connectivity index (χ0n) is 19.9. The minimum absolute atomic E-state index is 0.0224.